The van der Waals surface area contributed by atoms with Gasteiger partial charge in [0.1, 0.15) is 5.75 Å². The highest BCUT2D eigenvalue weighted by atomic mass is 16.5. The summed E-state index contributed by atoms with van der Waals surface area (Å²) in [5, 5.41) is 3.49. The van der Waals surface area contributed by atoms with Crippen molar-refractivity contribution in [2.24, 2.45) is 0 Å². The first-order valence-electron chi connectivity index (χ1n) is 6.72. The molecule has 0 aliphatic carbocycles. The third-order valence-corrected chi connectivity index (χ3v) is 3.42. The predicted molar refractivity (Wildman–Crippen MR) is 71.7 cm³/mol. The SMILES string of the molecule is CC(C)c1cccc(OCCC2CCCN2)c1. The van der Waals surface area contributed by atoms with E-state index in [1.165, 1.54) is 24.9 Å². The number of nitrogens with one attached hydrogen (secondary N) is 1. The molecule has 1 atom stereocenters. The van der Waals surface area contributed by atoms with E-state index >= 15 is 0 Å². The van der Waals surface area contributed by atoms with Gasteiger partial charge in [-0.05, 0) is 49.4 Å². The van der Waals surface area contributed by atoms with Gasteiger partial charge >= 0.3 is 0 Å². The van der Waals surface area contributed by atoms with Crippen molar-refractivity contribution in [3.63, 3.8) is 0 Å². The molecule has 1 aliphatic rings. The van der Waals surface area contributed by atoms with Gasteiger partial charge in [0.05, 0.1) is 6.61 Å². The average molecular weight is 233 g/mol. The second-order valence-corrected chi connectivity index (χ2v) is 5.16. The summed E-state index contributed by atoms with van der Waals surface area (Å²) in [6.07, 6.45) is 3.73. The first-order valence-corrected chi connectivity index (χ1v) is 6.72. The minimum Gasteiger partial charge on any atom is -0.494 e. The molecule has 17 heavy (non-hydrogen) atoms. The topological polar surface area (TPSA) is 21.3 Å². The van der Waals surface area contributed by atoms with Crippen LogP contribution >= 0.6 is 0 Å². The number of ether oxygens (including phenoxy) is 1. The van der Waals surface area contributed by atoms with Gasteiger partial charge in [-0.1, -0.05) is 26.0 Å². The van der Waals surface area contributed by atoms with Crippen LogP contribution in [0.2, 0.25) is 0 Å². The van der Waals surface area contributed by atoms with Crippen molar-refractivity contribution < 1.29 is 4.74 Å². The van der Waals surface area contributed by atoms with Gasteiger partial charge in [0.25, 0.3) is 0 Å². The molecule has 1 saturated heterocycles. The fourth-order valence-electron chi connectivity index (χ4n) is 2.29. The Morgan fingerprint density at radius 3 is 3.00 bits per heavy atom. The van der Waals surface area contributed by atoms with Gasteiger partial charge < -0.3 is 10.1 Å². The van der Waals surface area contributed by atoms with E-state index in [0.717, 1.165) is 18.8 Å². The van der Waals surface area contributed by atoms with E-state index in [9.17, 15) is 0 Å². The van der Waals surface area contributed by atoms with E-state index in [1.54, 1.807) is 0 Å². The molecule has 2 heteroatoms. The molecule has 0 spiro atoms. The summed E-state index contributed by atoms with van der Waals surface area (Å²) in [6.45, 7) is 6.41. The highest BCUT2D eigenvalue weighted by molar-refractivity contribution is 5.30. The molecule has 94 valence electrons. The van der Waals surface area contributed by atoms with Crippen molar-refractivity contribution in [1.29, 1.82) is 0 Å². The number of benzene rings is 1. The molecular formula is C15H23NO. The summed E-state index contributed by atoms with van der Waals surface area (Å²) < 4.78 is 5.82. The van der Waals surface area contributed by atoms with Gasteiger partial charge in [0, 0.05) is 6.04 Å². The van der Waals surface area contributed by atoms with Gasteiger partial charge in [-0.3, -0.25) is 0 Å². The van der Waals surface area contributed by atoms with Gasteiger partial charge in [-0.2, -0.15) is 0 Å². The van der Waals surface area contributed by atoms with Crippen molar-refractivity contribution in [2.45, 2.75) is 45.1 Å². The van der Waals surface area contributed by atoms with E-state index in [4.69, 9.17) is 4.74 Å². The van der Waals surface area contributed by atoms with Crippen molar-refractivity contribution in [2.75, 3.05) is 13.2 Å². The van der Waals surface area contributed by atoms with Crippen LogP contribution in [0, 0.1) is 0 Å². The number of hydrogen-bond acceptors (Lipinski definition) is 2. The molecule has 1 N–H and O–H groups in total. The highest BCUT2D eigenvalue weighted by Crippen LogP contribution is 2.20. The van der Waals surface area contributed by atoms with Crippen molar-refractivity contribution in [3.8, 4) is 5.75 Å². The van der Waals surface area contributed by atoms with Crippen LogP contribution in [0.5, 0.6) is 5.75 Å². The Hall–Kier alpha value is -1.02. The summed E-state index contributed by atoms with van der Waals surface area (Å²) in [5.74, 6) is 1.57. The molecule has 0 bridgehead atoms. The molecule has 0 aromatic heterocycles. The smallest absolute Gasteiger partial charge is 0.119 e. The standard InChI is InChI=1S/C15H23NO/c1-12(2)13-5-3-7-15(11-13)17-10-8-14-6-4-9-16-14/h3,5,7,11-12,14,16H,4,6,8-10H2,1-2H3. The molecule has 1 unspecified atom stereocenters. The zero-order valence-electron chi connectivity index (χ0n) is 10.9. The lowest BCUT2D eigenvalue weighted by atomic mass is 10.0. The van der Waals surface area contributed by atoms with Crippen LogP contribution in [0.1, 0.15) is 44.6 Å². The maximum absolute atomic E-state index is 5.82. The van der Waals surface area contributed by atoms with Gasteiger partial charge in [-0.25, -0.2) is 0 Å². The van der Waals surface area contributed by atoms with Crippen LogP contribution in [0.3, 0.4) is 0 Å². The molecule has 1 aromatic rings. The molecule has 1 aliphatic heterocycles. The zero-order valence-corrected chi connectivity index (χ0v) is 10.9. The molecule has 1 fully saturated rings. The Bertz CT molecular complexity index is 343. The van der Waals surface area contributed by atoms with Gasteiger partial charge in [-0.15, -0.1) is 0 Å². The molecule has 2 rings (SSSR count). The molecule has 0 radical (unpaired) electrons. The van der Waals surface area contributed by atoms with Crippen molar-refractivity contribution >= 4 is 0 Å². The fourth-order valence-corrected chi connectivity index (χ4v) is 2.29. The largest absolute Gasteiger partial charge is 0.494 e. The Morgan fingerprint density at radius 1 is 1.41 bits per heavy atom. The Balaban J connectivity index is 1.79. The molecule has 1 aromatic carbocycles. The Labute approximate surface area is 104 Å². The molecular weight excluding hydrogens is 210 g/mol. The second kappa shape index (κ2) is 6.06. The van der Waals surface area contributed by atoms with E-state index in [2.05, 4.69) is 37.4 Å². The Morgan fingerprint density at radius 2 is 2.29 bits per heavy atom. The van der Waals surface area contributed by atoms with Crippen molar-refractivity contribution in [3.05, 3.63) is 29.8 Å². The summed E-state index contributed by atoms with van der Waals surface area (Å²) in [7, 11) is 0. The summed E-state index contributed by atoms with van der Waals surface area (Å²) >= 11 is 0. The van der Waals surface area contributed by atoms with Gasteiger partial charge in [0.2, 0.25) is 0 Å². The third kappa shape index (κ3) is 3.74. The first kappa shape index (κ1) is 12.4. The summed E-state index contributed by atoms with van der Waals surface area (Å²) in [4.78, 5) is 0. The molecule has 1 heterocycles. The maximum Gasteiger partial charge on any atom is 0.119 e. The summed E-state index contributed by atoms with van der Waals surface area (Å²) in [6, 6.07) is 9.12. The minimum atomic E-state index is 0.565. The minimum absolute atomic E-state index is 0.565. The maximum atomic E-state index is 5.82. The molecule has 0 saturated carbocycles. The van der Waals surface area contributed by atoms with Crippen LogP contribution < -0.4 is 10.1 Å². The lowest BCUT2D eigenvalue weighted by molar-refractivity contribution is 0.292. The lowest BCUT2D eigenvalue weighted by Crippen LogP contribution is -2.23. The normalized spacial score (nSPS) is 19.8. The zero-order chi connectivity index (χ0) is 12.1. The highest BCUT2D eigenvalue weighted by Gasteiger charge is 2.13. The van der Waals surface area contributed by atoms with Crippen molar-refractivity contribution in [1.82, 2.24) is 5.32 Å². The van der Waals surface area contributed by atoms with Crippen LogP contribution in [-0.2, 0) is 0 Å². The van der Waals surface area contributed by atoms with E-state index in [0.29, 0.717) is 12.0 Å². The van der Waals surface area contributed by atoms with Crippen LogP contribution in [0.15, 0.2) is 24.3 Å². The number of hydrogen-bond donors (Lipinski definition) is 1. The first-order chi connectivity index (χ1) is 8.25. The molecule has 0 amide bonds. The predicted octanol–water partition coefficient (Wildman–Crippen LogP) is 3.33. The fraction of sp³-hybridized carbons (Fsp3) is 0.600. The number of rotatable bonds is 5. The van der Waals surface area contributed by atoms with Crippen LogP contribution in [0.4, 0.5) is 0 Å². The second-order valence-electron chi connectivity index (χ2n) is 5.16. The van der Waals surface area contributed by atoms with E-state index in [-0.39, 0.29) is 0 Å². The third-order valence-electron chi connectivity index (χ3n) is 3.42. The van der Waals surface area contributed by atoms with Crippen LogP contribution in [0.25, 0.3) is 0 Å². The quantitative estimate of drug-likeness (QED) is 0.842. The van der Waals surface area contributed by atoms with E-state index in [1.807, 2.05) is 6.07 Å². The van der Waals surface area contributed by atoms with Gasteiger partial charge in [0.15, 0.2) is 0 Å². The summed E-state index contributed by atoms with van der Waals surface area (Å²) in [5.41, 5.74) is 1.35. The average Bonchev–Trinajstić information content (AvgIpc) is 2.82. The lowest BCUT2D eigenvalue weighted by Gasteiger charge is -2.12. The van der Waals surface area contributed by atoms with E-state index < -0.39 is 0 Å². The monoisotopic (exact) mass is 233 g/mol. The van der Waals surface area contributed by atoms with Crippen LogP contribution in [-0.4, -0.2) is 19.2 Å². The Kier molecular flexibility index (Phi) is 4.43. The molecule has 2 nitrogen and oxygen atoms in total.